The van der Waals surface area contributed by atoms with Crippen LogP contribution in [0.4, 0.5) is 5.69 Å². The highest BCUT2D eigenvalue weighted by Crippen LogP contribution is 2.27. The minimum absolute atomic E-state index is 0.0319. The van der Waals surface area contributed by atoms with Crippen molar-refractivity contribution in [3.8, 4) is 0 Å². The van der Waals surface area contributed by atoms with Crippen molar-refractivity contribution < 1.29 is 4.79 Å². The molecule has 4 rings (SSSR count). The lowest BCUT2D eigenvalue weighted by Gasteiger charge is -2.33. The average molecular weight is 368 g/mol. The summed E-state index contributed by atoms with van der Waals surface area (Å²) in [5.74, 6) is 0.186. The van der Waals surface area contributed by atoms with Gasteiger partial charge in [0.25, 0.3) is 0 Å². The molecule has 1 aliphatic rings. The number of hydrogen-bond donors (Lipinski definition) is 0. The average Bonchev–Trinajstić information content (AvgIpc) is 3.04. The number of aromatic nitrogens is 2. The zero-order valence-corrected chi connectivity index (χ0v) is 15.8. The van der Waals surface area contributed by atoms with E-state index in [1.54, 1.807) is 10.9 Å². The van der Waals surface area contributed by atoms with Crippen molar-refractivity contribution in [1.82, 2.24) is 9.55 Å². The molecule has 0 amide bonds. The smallest absolute Gasteiger partial charge is 0.235 e. The van der Waals surface area contributed by atoms with Crippen LogP contribution >= 0.6 is 11.6 Å². The van der Waals surface area contributed by atoms with E-state index in [9.17, 15) is 4.79 Å². The van der Waals surface area contributed by atoms with Gasteiger partial charge in [-0.3, -0.25) is 9.36 Å². The first kappa shape index (κ1) is 17.1. The van der Waals surface area contributed by atoms with Crippen LogP contribution < -0.4 is 4.90 Å². The van der Waals surface area contributed by atoms with Crippen LogP contribution in [0.5, 0.6) is 0 Å². The second-order valence-corrected chi connectivity index (χ2v) is 7.56. The summed E-state index contributed by atoms with van der Waals surface area (Å²) in [5, 5.41) is 0.747. The number of carbonyl (C=O) groups excluding carboxylic acids is 1. The number of nitrogens with zero attached hydrogens (tertiary/aromatic N) is 3. The predicted octanol–water partition coefficient (Wildman–Crippen LogP) is 4.86. The number of aryl methyl sites for hydroxylation is 2. The molecule has 0 aliphatic carbocycles. The van der Waals surface area contributed by atoms with Gasteiger partial charge in [-0.05, 0) is 68.1 Å². The topological polar surface area (TPSA) is 38.1 Å². The Bertz CT molecular complexity index is 971. The molecule has 134 valence electrons. The molecular formula is C21H22ClN3O. The molecule has 1 saturated heterocycles. The first-order valence-corrected chi connectivity index (χ1v) is 9.40. The van der Waals surface area contributed by atoms with Crippen LogP contribution in [0, 0.1) is 19.8 Å². The van der Waals surface area contributed by atoms with Gasteiger partial charge >= 0.3 is 0 Å². The van der Waals surface area contributed by atoms with Crippen LogP contribution in [0.25, 0.3) is 11.0 Å². The molecule has 1 fully saturated rings. The number of benzene rings is 2. The summed E-state index contributed by atoms with van der Waals surface area (Å²) in [6.45, 7) is 5.87. The monoisotopic (exact) mass is 367 g/mol. The van der Waals surface area contributed by atoms with Crippen LogP contribution in [0.3, 0.4) is 0 Å². The zero-order valence-electron chi connectivity index (χ0n) is 15.1. The molecule has 2 aromatic carbocycles. The van der Waals surface area contributed by atoms with Gasteiger partial charge in [-0.1, -0.05) is 17.7 Å². The molecule has 4 nitrogen and oxygen atoms in total. The summed E-state index contributed by atoms with van der Waals surface area (Å²) in [5.41, 5.74) is 5.31. The van der Waals surface area contributed by atoms with E-state index in [0.717, 1.165) is 47.7 Å². The minimum atomic E-state index is 0.0319. The molecule has 1 aliphatic heterocycles. The highest BCUT2D eigenvalue weighted by atomic mass is 35.5. The molecular weight excluding hydrogens is 346 g/mol. The minimum Gasteiger partial charge on any atom is -0.371 e. The largest absolute Gasteiger partial charge is 0.371 e. The Morgan fingerprint density at radius 1 is 1.12 bits per heavy atom. The number of anilines is 1. The number of carbonyl (C=O) groups is 1. The van der Waals surface area contributed by atoms with Crippen LogP contribution in [0.2, 0.25) is 5.02 Å². The maximum atomic E-state index is 13.1. The molecule has 2 heterocycles. The van der Waals surface area contributed by atoms with Gasteiger partial charge in [0.15, 0.2) is 0 Å². The fourth-order valence-corrected chi connectivity index (χ4v) is 3.88. The molecule has 0 atom stereocenters. The number of imidazole rings is 1. The van der Waals surface area contributed by atoms with E-state index < -0.39 is 0 Å². The van der Waals surface area contributed by atoms with Crippen LogP contribution in [-0.4, -0.2) is 28.5 Å². The molecule has 1 aromatic heterocycles. The van der Waals surface area contributed by atoms with Crippen LogP contribution in [0.1, 0.15) is 28.8 Å². The SMILES string of the molecule is Cc1cc2ncn(C(=O)C3CCN(c4cccc(Cl)c4)CC3)c2cc1C. The highest BCUT2D eigenvalue weighted by Gasteiger charge is 2.27. The highest BCUT2D eigenvalue weighted by molar-refractivity contribution is 6.30. The van der Waals surface area contributed by atoms with Crippen LogP contribution in [0.15, 0.2) is 42.7 Å². The summed E-state index contributed by atoms with van der Waals surface area (Å²) < 4.78 is 1.74. The second kappa shape index (κ2) is 6.76. The van der Waals surface area contributed by atoms with Crippen molar-refractivity contribution in [1.29, 1.82) is 0 Å². The lowest BCUT2D eigenvalue weighted by atomic mass is 9.95. The van der Waals surface area contributed by atoms with Crippen molar-refractivity contribution in [3.05, 3.63) is 58.9 Å². The molecule has 26 heavy (non-hydrogen) atoms. The van der Waals surface area contributed by atoms with Gasteiger partial charge in [0.1, 0.15) is 6.33 Å². The summed E-state index contributed by atoms with van der Waals surface area (Å²) in [7, 11) is 0. The van der Waals surface area contributed by atoms with Crippen molar-refractivity contribution in [2.24, 2.45) is 5.92 Å². The third kappa shape index (κ3) is 3.10. The molecule has 3 aromatic rings. The van der Waals surface area contributed by atoms with E-state index >= 15 is 0 Å². The fourth-order valence-electron chi connectivity index (χ4n) is 3.69. The van der Waals surface area contributed by atoms with E-state index in [-0.39, 0.29) is 11.8 Å². The maximum absolute atomic E-state index is 13.1. The van der Waals surface area contributed by atoms with Gasteiger partial charge in [-0.2, -0.15) is 0 Å². The van der Waals surface area contributed by atoms with Gasteiger partial charge in [0.2, 0.25) is 5.91 Å². The van der Waals surface area contributed by atoms with Gasteiger partial charge in [0.05, 0.1) is 11.0 Å². The summed E-state index contributed by atoms with van der Waals surface area (Å²) in [6, 6.07) is 12.0. The summed E-state index contributed by atoms with van der Waals surface area (Å²) >= 11 is 6.10. The summed E-state index contributed by atoms with van der Waals surface area (Å²) in [6.07, 6.45) is 3.36. The molecule has 0 unspecified atom stereocenters. The number of hydrogen-bond acceptors (Lipinski definition) is 3. The Hall–Kier alpha value is -2.33. The van der Waals surface area contributed by atoms with Gasteiger partial charge in [-0.25, -0.2) is 4.98 Å². The lowest BCUT2D eigenvalue weighted by Crippen LogP contribution is -2.37. The van der Waals surface area contributed by atoms with E-state index in [1.807, 2.05) is 18.2 Å². The van der Waals surface area contributed by atoms with Crippen molar-refractivity contribution >= 4 is 34.2 Å². The van der Waals surface area contributed by atoms with E-state index in [1.165, 1.54) is 11.1 Å². The Morgan fingerprint density at radius 2 is 1.85 bits per heavy atom. The van der Waals surface area contributed by atoms with E-state index in [0.29, 0.717) is 0 Å². The Balaban J connectivity index is 1.51. The first-order valence-electron chi connectivity index (χ1n) is 9.02. The second-order valence-electron chi connectivity index (χ2n) is 7.12. The van der Waals surface area contributed by atoms with E-state index in [4.69, 9.17) is 11.6 Å². The Morgan fingerprint density at radius 3 is 2.58 bits per heavy atom. The molecule has 0 radical (unpaired) electrons. The van der Waals surface area contributed by atoms with Gasteiger partial charge < -0.3 is 4.90 Å². The van der Waals surface area contributed by atoms with Gasteiger partial charge in [-0.15, -0.1) is 0 Å². The standard InChI is InChI=1S/C21H22ClN3O/c1-14-10-19-20(11-15(14)2)25(13-23-19)21(26)16-6-8-24(9-7-16)18-5-3-4-17(22)12-18/h3-5,10-13,16H,6-9H2,1-2H3. The quantitative estimate of drug-likeness (QED) is 0.649. The first-order chi connectivity index (χ1) is 12.5. The van der Waals surface area contributed by atoms with E-state index in [2.05, 4.69) is 41.9 Å². The maximum Gasteiger partial charge on any atom is 0.235 e. The molecule has 0 spiro atoms. The molecule has 0 N–H and O–H groups in total. The molecule has 0 saturated carbocycles. The zero-order chi connectivity index (χ0) is 18.3. The number of rotatable bonds is 2. The van der Waals surface area contributed by atoms with Crippen molar-refractivity contribution in [3.63, 3.8) is 0 Å². The van der Waals surface area contributed by atoms with Crippen molar-refractivity contribution in [2.75, 3.05) is 18.0 Å². The van der Waals surface area contributed by atoms with Gasteiger partial charge in [0, 0.05) is 29.7 Å². The fraction of sp³-hybridized carbons (Fsp3) is 0.333. The van der Waals surface area contributed by atoms with Crippen molar-refractivity contribution in [2.45, 2.75) is 26.7 Å². The molecule has 0 bridgehead atoms. The lowest BCUT2D eigenvalue weighted by molar-refractivity contribution is 0.0818. The normalized spacial score (nSPS) is 15.6. The third-order valence-electron chi connectivity index (χ3n) is 5.42. The third-order valence-corrected chi connectivity index (χ3v) is 5.65. The number of piperidine rings is 1. The molecule has 5 heteroatoms. The van der Waals surface area contributed by atoms with Crippen LogP contribution in [-0.2, 0) is 0 Å². The number of halogens is 1. The Kier molecular flexibility index (Phi) is 4.45. The number of fused-ring (bicyclic) bond motifs is 1. The Labute approximate surface area is 158 Å². The predicted molar refractivity (Wildman–Crippen MR) is 106 cm³/mol. The summed E-state index contributed by atoms with van der Waals surface area (Å²) in [4.78, 5) is 19.8.